The van der Waals surface area contributed by atoms with Gasteiger partial charge in [-0.15, -0.1) is 6.58 Å². The quantitative estimate of drug-likeness (QED) is 0.431. The van der Waals surface area contributed by atoms with Crippen molar-refractivity contribution < 1.29 is 0 Å². The van der Waals surface area contributed by atoms with E-state index in [1.807, 2.05) is 6.08 Å². The van der Waals surface area contributed by atoms with Crippen LogP contribution >= 0.6 is 15.9 Å². The summed E-state index contributed by atoms with van der Waals surface area (Å²) in [4.78, 5) is 1.17. The van der Waals surface area contributed by atoms with Gasteiger partial charge in [0, 0.05) is 4.95 Å². The van der Waals surface area contributed by atoms with Crippen LogP contribution in [0.1, 0.15) is 6.42 Å². The number of alkyl halides is 1. The normalized spacial score (nSPS) is 12.4. The topological polar surface area (TPSA) is 0 Å². The Morgan fingerprint density at radius 1 is 1.31 bits per heavy atom. The summed E-state index contributed by atoms with van der Waals surface area (Å²) < 4.78 is 0. The van der Waals surface area contributed by atoms with Crippen LogP contribution in [0.2, 0.25) is 6.04 Å². The smallest absolute Gasteiger partial charge is 0.0819 e. The van der Waals surface area contributed by atoms with Gasteiger partial charge in [-0.2, -0.15) is 0 Å². The van der Waals surface area contributed by atoms with Crippen LogP contribution in [0.4, 0.5) is 0 Å². The van der Waals surface area contributed by atoms with E-state index in [4.69, 9.17) is 0 Å². The number of hydrogen-bond acceptors (Lipinski definition) is 0. The maximum absolute atomic E-state index is 3.77. The second-order valence-electron chi connectivity index (χ2n) is 3.13. The lowest BCUT2D eigenvalue weighted by molar-refractivity contribution is 1.20. The van der Waals surface area contributed by atoms with Gasteiger partial charge < -0.3 is 0 Å². The summed E-state index contributed by atoms with van der Waals surface area (Å²) in [7, 11) is -0.743. The van der Waals surface area contributed by atoms with Crippen molar-refractivity contribution in [2.75, 3.05) is 4.95 Å². The highest BCUT2D eigenvalue weighted by Crippen LogP contribution is 2.02. The zero-order chi connectivity index (χ0) is 9.52. The molecule has 0 aromatic heterocycles. The molecule has 0 fully saturated rings. The molecule has 0 amide bonds. The minimum absolute atomic E-state index is 0.743. The summed E-state index contributed by atoms with van der Waals surface area (Å²) in [6.45, 7) is 3.77. The van der Waals surface area contributed by atoms with E-state index in [-0.39, 0.29) is 0 Å². The molecule has 70 valence electrons. The summed E-state index contributed by atoms with van der Waals surface area (Å²) in [6, 6.07) is 12.2. The molecule has 0 aliphatic rings. The first-order valence-electron chi connectivity index (χ1n) is 4.60. The van der Waals surface area contributed by atoms with Crippen molar-refractivity contribution in [3.63, 3.8) is 0 Å². The summed E-state index contributed by atoms with van der Waals surface area (Å²) in [5.41, 5.74) is 0. The van der Waals surface area contributed by atoms with Crippen molar-refractivity contribution in [3.8, 4) is 0 Å². The highest BCUT2D eigenvalue weighted by Gasteiger charge is 2.09. The van der Waals surface area contributed by atoms with Crippen LogP contribution in [0, 0.1) is 0 Å². The fourth-order valence-electron chi connectivity index (χ4n) is 1.38. The molecule has 0 aliphatic heterocycles. The molecule has 13 heavy (non-hydrogen) atoms. The Labute approximate surface area is 90.4 Å². The molecule has 1 aromatic carbocycles. The number of allylic oxidation sites excluding steroid dienone is 1. The van der Waals surface area contributed by atoms with Crippen LogP contribution in [-0.4, -0.2) is 13.8 Å². The van der Waals surface area contributed by atoms with E-state index in [1.165, 1.54) is 11.0 Å². The van der Waals surface area contributed by atoms with Crippen molar-refractivity contribution in [2.24, 2.45) is 0 Å². The molecule has 0 aliphatic carbocycles. The van der Waals surface area contributed by atoms with Gasteiger partial charge in [0.1, 0.15) is 0 Å². The molecule has 1 aromatic rings. The maximum atomic E-state index is 3.77. The highest BCUT2D eigenvalue weighted by molar-refractivity contribution is 9.09. The van der Waals surface area contributed by atoms with E-state index >= 15 is 0 Å². The molecular formula is C11H15BrSi. The number of benzene rings is 1. The average Bonchev–Trinajstić information content (AvgIpc) is 2.21. The minimum atomic E-state index is -0.743. The fraction of sp³-hybridized carbons (Fsp3) is 0.273. The summed E-state index contributed by atoms with van der Waals surface area (Å²) in [5.74, 6) is 0. The Balaban J connectivity index is 2.61. The van der Waals surface area contributed by atoms with Crippen LogP contribution in [-0.2, 0) is 0 Å². The van der Waals surface area contributed by atoms with E-state index < -0.39 is 8.80 Å². The van der Waals surface area contributed by atoms with E-state index in [2.05, 4.69) is 52.8 Å². The Morgan fingerprint density at radius 3 is 2.54 bits per heavy atom. The molecular weight excluding hydrogens is 240 g/mol. The van der Waals surface area contributed by atoms with Gasteiger partial charge in [0.05, 0.1) is 8.80 Å². The molecule has 0 saturated heterocycles. The van der Waals surface area contributed by atoms with Crippen LogP contribution in [0.3, 0.4) is 0 Å². The number of halogens is 1. The summed E-state index contributed by atoms with van der Waals surface area (Å²) in [5, 5.41) is 1.56. The first kappa shape index (κ1) is 10.7. The lowest BCUT2D eigenvalue weighted by atomic mass is 10.4. The monoisotopic (exact) mass is 254 g/mol. The largest absolute Gasteiger partial charge is 0.103 e. The van der Waals surface area contributed by atoms with Gasteiger partial charge in [-0.1, -0.05) is 63.6 Å². The van der Waals surface area contributed by atoms with Gasteiger partial charge in [-0.25, -0.2) is 0 Å². The van der Waals surface area contributed by atoms with Gasteiger partial charge in [-0.05, 0) is 6.42 Å². The predicted molar refractivity (Wildman–Crippen MR) is 66.6 cm³/mol. The summed E-state index contributed by atoms with van der Waals surface area (Å²) >= 11 is 3.61. The van der Waals surface area contributed by atoms with Crippen molar-refractivity contribution in [1.82, 2.24) is 0 Å². The third-order valence-electron chi connectivity index (χ3n) is 2.18. The van der Waals surface area contributed by atoms with Crippen molar-refractivity contribution in [1.29, 1.82) is 0 Å². The van der Waals surface area contributed by atoms with E-state index in [0.29, 0.717) is 0 Å². The molecule has 0 spiro atoms. The van der Waals surface area contributed by atoms with Gasteiger partial charge in [0.25, 0.3) is 0 Å². The van der Waals surface area contributed by atoms with Gasteiger partial charge >= 0.3 is 0 Å². The van der Waals surface area contributed by atoms with Crippen LogP contribution in [0.15, 0.2) is 43.0 Å². The molecule has 1 unspecified atom stereocenters. The Morgan fingerprint density at radius 2 is 2.00 bits per heavy atom. The van der Waals surface area contributed by atoms with Gasteiger partial charge in [-0.3, -0.25) is 0 Å². The molecule has 0 radical (unpaired) electrons. The average molecular weight is 255 g/mol. The lowest BCUT2D eigenvalue weighted by Crippen LogP contribution is -2.31. The van der Waals surface area contributed by atoms with Crippen molar-refractivity contribution in [3.05, 3.63) is 43.0 Å². The Kier molecular flexibility index (Phi) is 5.09. The zero-order valence-corrected chi connectivity index (χ0v) is 10.5. The minimum Gasteiger partial charge on any atom is -0.103 e. The molecule has 1 rings (SSSR count). The Bertz CT molecular complexity index is 246. The number of rotatable bonds is 5. The first-order valence-corrected chi connectivity index (χ1v) is 7.93. The maximum Gasteiger partial charge on any atom is 0.0819 e. The van der Waals surface area contributed by atoms with E-state index in [9.17, 15) is 0 Å². The molecule has 0 nitrogen and oxygen atoms in total. The van der Waals surface area contributed by atoms with Crippen LogP contribution < -0.4 is 5.19 Å². The number of hydrogen-bond donors (Lipinski definition) is 0. The zero-order valence-electron chi connectivity index (χ0n) is 7.75. The lowest BCUT2D eigenvalue weighted by Gasteiger charge is -2.10. The molecule has 1 atom stereocenters. The highest BCUT2D eigenvalue weighted by atomic mass is 79.9. The third kappa shape index (κ3) is 3.49. The molecule has 0 saturated carbocycles. The molecule has 0 heterocycles. The molecule has 0 N–H and O–H groups in total. The Hall–Kier alpha value is -0.343. The van der Waals surface area contributed by atoms with Gasteiger partial charge in [0.15, 0.2) is 0 Å². The van der Waals surface area contributed by atoms with E-state index in [1.54, 1.807) is 5.19 Å². The van der Waals surface area contributed by atoms with Crippen molar-refractivity contribution >= 4 is 29.9 Å². The van der Waals surface area contributed by atoms with E-state index in [0.717, 1.165) is 6.42 Å². The van der Waals surface area contributed by atoms with Gasteiger partial charge in [0.2, 0.25) is 0 Å². The third-order valence-corrected chi connectivity index (χ3v) is 7.25. The SMILES string of the molecule is C=CCC[SiH](CBr)c1ccccc1. The predicted octanol–water partition coefficient (Wildman–Crippen LogP) is 2.63. The first-order chi connectivity index (χ1) is 6.38. The van der Waals surface area contributed by atoms with Crippen LogP contribution in [0.5, 0.6) is 0 Å². The fourth-order valence-corrected chi connectivity index (χ4v) is 5.54. The second-order valence-corrected chi connectivity index (χ2v) is 8.02. The summed E-state index contributed by atoms with van der Waals surface area (Å²) in [6.07, 6.45) is 3.17. The molecule has 2 heteroatoms. The van der Waals surface area contributed by atoms with Crippen molar-refractivity contribution in [2.45, 2.75) is 12.5 Å². The van der Waals surface area contributed by atoms with Crippen LogP contribution in [0.25, 0.3) is 0 Å². The second kappa shape index (κ2) is 6.16. The molecule has 0 bridgehead atoms. The standard InChI is InChI=1S/C11H15BrSi/c1-2-3-9-13(10-12)11-7-5-4-6-8-11/h2,4-8,13H,1,3,9-10H2.